The zero-order valence-electron chi connectivity index (χ0n) is 15.1. The fourth-order valence-corrected chi connectivity index (χ4v) is 2.78. The Morgan fingerprint density at radius 3 is 2.44 bits per heavy atom. The Labute approximate surface area is 156 Å². The highest BCUT2D eigenvalue weighted by Gasteiger charge is 2.11. The summed E-state index contributed by atoms with van der Waals surface area (Å²) < 4.78 is 28.8. The van der Waals surface area contributed by atoms with E-state index in [-0.39, 0.29) is 5.82 Å². The van der Waals surface area contributed by atoms with Crippen LogP contribution in [0, 0.1) is 25.5 Å². The number of amides is 2. The van der Waals surface area contributed by atoms with Gasteiger partial charge in [-0.1, -0.05) is 12.1 Å². The van der Waals surface area contributed by atoms with E-state index in [0.29, 0.717) is 24.3 Å². The first-order chi connectivity index (χ1) is 12.9. The van der Waals surface area contributed by atoms with Gasteiger partial charge in [0.25, 0.3) is 0 Å². The molecule has 0 saturated heterocycles. The zero-order chi connectivity index (χ0) is 19.4. The molecule has 27 heavy (non-hydrogen) atoms. The highest BCUT2D eigenvalue weighted by atomic mass is 19.1. The molecule has 0 bridgehead atoms. The lowest BCUT2D eigenvalue weighted by molar-refractivity contribution is 0.252. The summed E-state index contributed by atoms with van der Waals surface area (Å²) in [5.41, 5.74) is 3.21. The number of nitrogens with one attached hydrogen (secondary N) is 2. The minimum Gasteiger partial charge on any atom is -0.338 e. The van der Waals surface area contributed by atoms with E-state index in [9.17, 15) is 13.6 Å². The molecule has 0 aliphatic rings. The van der Waals surface area contributed by atoms with Crippen molar-refractivity contribution in [3.8, 4) is 5.69 Å². The number of carbonyl (C=O) groups excluding carboxylic acids is 1. The maximum Gasteiger partial charge on any atom is 0.319 e. The fourth-order valence-electron chi connectivity index (χ4n) is 2.78. The van der Waals surface area contributed by atoms with Gasteiger partial charge < -0.3 is 10.6 Å². The van der Waals surface area contributed by atoms with Gasteiger partial charge in [-0.15, -0.1) is 0 Å². The Hall–Kier alpha value is -3.22. The lowest BCUT2D eigenvalue weighted by Crippen LogP contribution is -2.30. The summed E-state index contributed by atoms with van der Waals surface area (Å²) in [6, 6.07) is 12.0. The first kappa shape index (κ1) is 18.6. The molecule has 0 fully saturated rings. The first-order valence-corrected chi connectivity index (χ1v) is 8.55. The van der Waals surface area contributed by atoms with Crippen LogP contribution in [0.1, 0.15) is 17.0 Å². The molecule has 5 nitrogen and oxygen atoms in total. The van der Waals surface area contributed by atoms with Crippen molar-refractivity contribution in [2.45, 2.75) is 20.3 Å². The zero-order valence-corrected chi connectivity index (χ0v) is 15.1. The minimum absolute atomic E-state index is 0.296. The molecule has 140 valence electrons. The van der Waals surface area contributed by atoms with Crippen LogP contribution in [0.15, 0.2) is 48.5 Å². The average Bonchev–Trinajstić information content (AvgIpc) is 2.95. The molecule has 0 spiro atoms. The number of hydrogen-bond donors (Lipinski definition) is 2. The molecule has 3 aromatic rings. The molecule has 2 aromatic carbocycles. The maximum atomic E-state index is 14.4. The van der Waals surface area contributed by atoms with Gasteiger partial charge in [-0.3, -0.25) is 0 Å². The van der Waals surface area contributed by atoms with Gasteiger partial charge >= 0.3 is 6.03 Å². The van der Waals surface area contributed by atoms with Gasteiger partial charge in [0.2, 0.25) is 0 Å². The van der Waals surface area contributed by atoms with Crippen molar-refractivity contribution in [1.29, 1.82) is 0 Å². The molecule has 0 aliphatic heterocycles. The standard InChI is InChI=1S/C20H20F2N4O/c1-13-11-14(2)26(25-13)19-8-7-17(12-18(19)22)24-20(27)23-10-9-15-3-5-16(21)6-4-15/h3-8,11-12H,9-10H2,1-2H3,(H2,23,24,27). The summed E-state index contributed by atoms with van der Waals surface area (Å²) >= 11 is 0. The molecule has 1 heterocycles. The molecule has 2 N–H and O–H groups in total. The van der Waals surface area contributed by atoms with Crippen LogP contribution in [0.5, 0.6) is 0 Å². The highest BCUT2D eigenvalue weighted by Crippen LogP contribution is 2.19. The molecule has 0 radical (unpaired) electrons. The highest BCUT2D eigenvalue weighted by molar-refractivity contribution is 5.89. The van der Waals surface area contributed by atoms with Crippen LogP contribution in [0.2, 0.25) is 0 Å². The molecule has 2 amide bonds. The first-order valence-electron chi connectivity index (χ1n) is 8.55. The summed E-state index contributed by atoms with van der Waals surface area (Å²) in [5.74, 6) is -0.777. The van der Waals surface area contributed by atoms with Gasteiger partial charge in [0.15, 0.2) is 5.82 Å². The molecule has 0 saturated carbocycles. The summed E-state index contributed by atoms with van der Waals surface area (Å²) in [6.45, 7) is 4.07. The van der Waals surface area contributed by atoms with Crippen LogP contribution in [0.25, 0.3) is 5.69 Å². The van der Waals surface area contributed by atoms with Gasteiger partial charge in [-0.25, -0.2) is 18.3 Å². The van der Waals surface area contributed by atoms with E-state index in [4.69, 9.17) is 0 Å². The van der Waals surface area contributed by atoms with Crippen LogP contribution in [0.3, 0.4) is 0 Å². The second kappa shape index (κ2) is 7.99. The number of urea groups is 1. The SMILES string of the molecule is Cc1cc(C)n(-c2ccc(NC(=O)NCCc3ccc(F)cc3)cc2F)n1. The van der Waals surface area contributed by atoms with Crippen LogP contribution >= 0.6 is 0 Å². The van der Waals surface area contributed by atoms with Crippen LogP contribution in [-0.4, -0.2) is 22.4 Å². The Kier molecular flexibility index (Phi) is 5.49. The average molecular weight is 370 g/mol. The number of aryl methyl sites for hydroxylation is 2. The van der Waals surface area contributed by atoms with E-state index in [2.05, 4.69) is 15.7 Å². The summed E-state index contributed by atoms with van der Waals surface area (Å²) in [6.07, 6.45) is 0.568. The summed E-state index contributed by atoms with van der Waals surface area (Å²) in [4.78, 5) is 12.0. The van der Waals surface area contributed by atoms with Crippen molar-refractivity contribution in [1.82, 2.24) is 15.1 Å². The monoisotopic (exact) mass is 370 g/mol. The van der Waals surface area contributed by atoms with Crippen molar-refractivity contribution in [2.24, 2.45) is 0 Å². The second-order valence-electron chi connectivity index (χ2n) is 6.26. The Balaban J connectivity index is 1.57. The largest absolute Gasteiger partial charge is 0.338 e. The molecular weight excluding hydrogens is 350 g/mol. The van der Waals surface area contributed by atoms with Gasteiger partial charge in [0.1, 0.15) is 11.5 Å². The third-order valence-electron chi connectivity index (χ3n) is 4.06. The smallest absolute Gasteiger partial charge is 0.319 e. The number of rotatable bonds is 5. The number of hydrogen-bond acceptors (Lipinski definition) is 2. The predicted molar refractivity (Wildman–Crippen MR) is 100 cm³/mol. The topological polar surface area (TPSA) is 59.0 Å². The van der Waals surface area contributed by atoms with E-state index in [0.717, 1.165) is 17.0 Å². The van der Waals surface area contributed by atoms with Gasteiger partial charge in [0.05, 0.1) is 5.69 Å². The van der Waals surface area contributed by atoms with E-state index >= 15 is 0 Å². The molecule has 0 aliphatic carbocycles. The molecular formula is C20H20F2N4O. The molecule has 0 atom stereocenters. The van der Waals surface area contributed by atoms with Crippen LogP contribution in [0.4, 0.5) is 19.3 Å². The van der Waals surface area contributed by atoms with Crippen LogP contribution in [-0.2, 0) is 6.42 Å². The van der Waals surface area contributed by atoms with Gasteiger partial charge in [0, 0.05) is 17.9 Å². The molecule has 7 heteroatoms. The third-order valence-corrected chi connectivity index (χ3v) is 4.06. The van der Waals surface area contributed by atoms with E-state index < -0.39 is 11.8 Å². The summed E-state index contributed by atoms with van der Waals surface area (Å²) in [5, 5.41) is 9.55. The number of halogens is 2. The number of aromatic nitrogens is 2. The number of carbonyl (C=O) groups is 1. The number of nitrogens with zero attached hydrogens (tertiary/aromatic N) is 2. The third kappa shape index (κ3) is 4.69. The quantitative estimate of drug-likeness (QED) is 0.709. The fraction of sp³-hybridized carbons (Fsp3) is 0.200. The number of benzene rings is 2. The normalized spacial score (nSPS) is 10.7. The van der Waals surface area contributed by atoms with Crippen molar-refractivity contribution in [2.75, 3.05) is 11.9 Å². The Morgan fingerprint density at radius 1 is 1.07 bits per heavy atom. The maximum absolute atomic E-state index is 14.4. The van der Waals surface area contributed by atoms with Crippen molar-refractivity contribution in [3.63, 3.8) is 0 Å². The van der Waals surface area contributed by atoms with Gasteiger partial charge in [-0.2, -0.15) is 5.10 Å². The molecule has 0 unspecified atom stereocenters. The molecule has 3 rings (SSSR count). The van der Waals surface area contributed by atoms with Crippen molar-refractivity contribution in [3.05, 3.63) is 77.1 Å². The van der Waals surface area contributed by atoms with Gasteiger partial charge in [-0.05, 0) is 62.2 Å². The lowest BCUT2D eigenvalue weighted by atomic mass is 10.1. The van der Waals surface area contributed by atoms with E-state index in [1.54, 1.807) is 24.3 Å². The predicted octanol–water partition coefficient (Wildman–Crippen LogP) is 4.13. The Morgan fingerprint density at radius 2 is 1.81 bits per heavy atom. The Bertz CT molecular complexity index is 951. The van der Waals surface area contributed by atoms with Crippen molar-refractivity contribution < 1.29 is 13.6 Å². The lowest BCUT2D eigenvalue weighted by Gasteiger charge is -2.10. The molecule has 1 aromatic heterocycles. The summed E-state index contributed by atoms with van der Waals surface area (Å²) in [7, 11) is 0. The second-order valence-corrected chi connectivity index (χ2v) is 6.26. The van der Waals surface area contributed by atoms with E-state index in [1.165, 1.54) is 22.9 Å². The van der Waals surface area contributed by atoms with E-state index in [1.807, 2.05) is 19.9 Å². The van der Waals surface area contributed by atoms with Crippen LogP contribution < -0.4 is 10.6 Å². The minimum atomic E-state index is -0.481. The number of anilines is 1. The van der Waals surface area contributed by atoms with Crippen molar-refractivity contribution >= 4 is 11.7 Å².